The van der Waals surface area contributed by atoms with Gasteiger partial charge >= 0.3 is 0 Å². The van der Waals surface area contributed by atoms with E-state index in [4.69, 9.17) is 4.98 Å². The average molecular weight is 327 g/mol. The van der Waals surface area contributed by atoms with Gasteiger partial charge in [-0.05, 0) is 19.8 Å². The number of nitrogens with one attached hydrogen (secondary N) is 1. The van der Waals surface area contributed by atoms with Crippen LogP contribution in [0.25, 0.3) is 4.96 Å². The zero-order valence-electron chi connectivity index (χ0n) is 12.8. The first-order valence-corrected chi connectivity index (χ1v) is 8.83. The van der Waals surface area contributed by atoms with Crippen molar-refractivity contribution in [3.63, 3.8) is 0 Å². The molecule has 0 aliphatic carbocycles. The van der Waals surface area contributed by atoms with Crippen LogP contribution in [0.1, 0.15) is 41.5 Å². The quantitative estimate of drug-likeness (QED) is 0.782. The summed E-state index contributed by atoms with van der Waals surface area (Å²) in [7, 11) is 0. The van der Waals surface area contributed by atoms with E-state index >= 15 is 0 Å². The van der Waals surface area contributed by atoms with Crippen molar-refractivity contribution in [1.82, 2.24) is 24.5 Å². The molecule has 3 aromatic rings. The summed E-state index contributed by atoms with van der Waals surface area (Å²) in [6.07, 6.45) is 5.34. The van der Waals surface area contributed by atoms with Crippen LogP contribution in [0.15, 0.2) is 22.4 Å². The molecule has 0 amide bonds. The number of nitrogens with zero attached hydrogens (tertiary/aromatic N) is 4. The van der Waals surface area contributed by atoms with Gasteiger partial charge < -0.3 is 0 Å². The lowest BCUT2D eigenvalue weighted by molar-refractivity contribution is 0.165. The molecular weight excluding hydrogens is 310 g/mol. The molecule has 0 saturated carbocycles. The molecule has 5 rings (SSSR count). The van der Waals surface area contributed by atoms with E-state index in [0.29, 0.717) is 12.1 Å². The van der Waals surface area contributed by atoms with Crippen LogP contribution in [0, 0.1) is 6.92 Å². The fraction of sp³-hybridized carbons (Fsp3) is 0.438. The Morgan fingerprint density at radius 3 is 3.26 bits per heavy atom. The summed E-state index contributed by atoms with van der Waals surface area (Å²) in [5.74, 6) is 0. The van der Waals surface area contributed by atoms with Crippen molar-refractivity contribution in [1.29, 1.82) is 0 Å². The number of aryl methyl sites for hydroxylation is 1. The highest BCUT2D eigenvalue weighted by atomic mass is 32.1. The normalized spacial score (nSPS) is 23.5. The summed E-state index contributed by atoms with van der Waals surface area (Å²) >= 11 is 1.53. The van der Waals surface area contributed by atoms with Gasteiger partial charge in [-0.1, -0.05) is 0 Å². The monoisotopic (exact) mass is 327 g/mol. The fourth-order valence-electron chi connectivity index (χ4n) is 4.11. The highest BCUT2D eigenvalue weighted by Gasteiger charge is 2.40. The molecule has 2 bridgehead atoms. The Labute approximate surface area is 136 Å². The summed E-state index contributed by atoms with van der Waals surface area (Å²) < 4.78 is 1.69. The van der Waals surface area contributed by atoms with Gasteiger partial charge in [0, 0.05) is 53.4 Å². The lowest BCUT2D eigenvalue weighted by Crippen LogP contribution is -2.37. The molecule has 2 aliphatic heterocycles. The number of H-pyrrole nitrogens is 1. The highest BCUT2D eigenvalue weighted by Crippen LogP contribution is 2.43. The van der Waals surface area contributed by atoms with Crippen LogP contribution in [0.4, 0.5) is 0 Å². The predicted octanol–water partition coefficient (Wildman–Crippen LogP) is 2.05. The highest BCUT2D eigenvalue weighted by molar-refractivity contribution is 7.15. The molecule has 5 heterocycles. The van der Waals surface area contributed by atoms with Crippen LogP contribution in [-0.2, 0) is 13.0 Å². The number of aromatic amines is 1. The van der Waals surface area contributed by atoms with Gasteiger partial charge in [-0.25, -0.2) is 4.98 Å². The van der Waals surface area contributed by atoms with Crippen molar-refractivity contribution >= 4 is 16.3 Å². The van der Waals surface area contributed by atoms with Gasteiger partial charge in [-0.15, -0.1) is 11.3 Å². The molecule has 6 nitrogen and oxygen atoms in total. The van der Waals surface area contributed by atoms with Gasteiger partial charge in [-0.3, -0.25) is 19.2 Å². The minimum atomic E-state index is 0.0251. The summed E-state index contributed by atoms with van der Waals surface area (Å²) in [5.41, 5.74) is 4.46. The van der Waals surface area contributed by atoms with Gasteiger partial charge in [-0.2, -0.15) is 5.10 Å². The molecule has 118 valence electrons. The Morgan fingerprint density at radius 1 is 1.43 bits per heavy atom. The number of thiazole rings is 1. The first kappa shape index (κ1) is 13.4. The van der Waals surface area contributed by atoms with E-state index in [1.807, 2.05) is 18.5 Å². The van der Waals surface area contributed by atoms with E-state index in [9.17, 15) is 4.79 Å². The Balaban J connectivity index is 1.52. The Bertz CT molecular complexity index is 955. The van der Waals surface area contributed by atoms with Crippen molar-refractivity contribution < 1.29 is 0 Å². The van der Waals surface area contributed by atoms with E-state index in [1.165, 1.54) is 29.0 Å². The van der Waals surface area contributed by atoms with E-state index in [2.05, 4.69) is 15.1 Å². The number of aromatic nitrogens is 4. The topological polar surface area (TPSA) is 66.3 Å². The molecule has 7 heteroatoms. The molecule has 2 unspecified atom stereocenters. The number of rotatable bonds is 2. The summed E-state index contributed by atoms with van der Waals surface area (Å²) in [4.78, 5) is 20.3. The van der Waals surface area contributed by atoms with Gasteiger partial charge in [0.15, 0.2) is 4.96 Å². The third-order valence-electron chi connectivity index (χ3n) is 5.17. The third-order valence-corrected chi connectivity index (χ3v) is 6.11. The molecule has 0 radical (unpaired) electrons. The molecule has 1 N–H and O–H groups in total. The maximum atomic E-state index is 12.4. The molecule has 0 aromatic carbocycles. The summed E-state index contributed by atoms with van der Waals surface area (Å²) in [6.45, 7) is 2.68. The zero-order valence-corrected chi connectivity index (χ0v) is 13.6. The minimum Gasteiger partial charge on any atom is -0.287 e. The van der Waals surface area contributed by atoms with Crippen LogP contribution < -0.4 is 5.56 Å². The number of fused-ring (bicyclic) bond motifs is 5. The Hall–Kier alpha value is -1.99. The van der Waals surface area contributed by atoms with E-state index in [0.717, 1.165) is 35.7 Å². The van der Waals surface area contributed by atoms with Crippen LogP contribution in [0.5, 0.6) is 0 Å². The fourth-order valence-corrected chi connectivity index (χ4v) is 5.00. The molecule has 1 saturated heterocycles. The molecule has 0 spiro atoms. The standard InChI is InChI=1S/C16H17N5OS/c1-9-8-23-16-18-10(4-15(22)21(9)16)7-20-11-2-3-14(20)12-6-17-19-13(12)5-11/h4,6,8,11,14H,2-3,5,7H2,1H3,(H,17,19). The van der Waals surface area contributed by atoms with Crippen molar-refractivity contribution in [2.45, 2.75) is 44.8 Å². The SMILES string of the molecule is Cc1csc2nc(CN3C4CCC3c3cn[nH]c3C4)cc(=O)n12. The lowest BCUT2D eigenvalue weighted by Gasteiger charge is -2.33. The molecule has 1 fully saturated rings. The second kappa shape index (κ2) is 4.75. The lowest BCUT2D eigenvalue weighted by atomic mass is 10.00. The van der Waals surface area contributed by atoms with Crippen LogP contribution in [-0.4, -0.2) is 30.5 Å². The molecule has 3 aromatic heterocycles. The van der Waals surface area contributed by atoms with Crippen molar-refractivity contribution in [3.05, 3.63) is 50.6 Å². The summed E-state index contributed by atoms with van der Waals surface area (Å²) in [5, 5.41) is 9.32. The second-order valence-electron chi connectivity index (χ2n) is 6.51. The molecule has 23 heavy (non-hydrogen) atoms. The van der Waals surface area contributed by atoms with Gasteiger partial charge in [0.05, 0.1) is 11.9 Å². The van der Waals surface area contributed by atoms with E-state index in [-0.39, 0.29) is 5.56 Å². The molecule has 2 atom stereocenters. The van der Waals surface area contributed by atoms with E-state index < -0.39 is 0 Å². The first-order valence-electron chi connectivity index (χ1n) is 7.95. The number of hydrogen-bond donors (Lipinski definition) is 1. The Morgan fingerprint density at radius 2 is 2.35 bits per heavy atom. The van der Waals surface area contributed by atoms with Gasteiger partial charge in [0.1, 0.15) is 0 Å². The maximum absolute atomic E-state index is 12.4. The van der Waals surface area contributed by atoms with Crippen LogP contribution in [0.3, 0.4) is 0 Å². The van der Waals surface area contributed by atoms with Crippen molar-refractivity contribution in [3.8, 4) is 0 Å². The Kier molecular flexibility index (Phi) is 2.78. The summed E-state index contributed by atoms with van der Waals surface area (Å²) in [6, 6.07) is 2.63. The van der Waals surface area contributed by atoms with Crippen LogP contribution in [0.2, 0.25) is 0 Å². The molecular formula is C16H17N5OS. The van der Waals surface area contributed by atoms with Gasteiger partial charge in [0.2, 0.25) is 0 Å². The minimum absolute atomic E-state index is 0.0251. The second-order valence-corrected chi connectivity index (χ2v) is 7.34. The van der Waals surface area contributed by atoms with E-state index in [1.54, 1.807) is 10.5 Å². The third kappa shape index (κ3) is 1.93. The average Bonchev–Trinajstić information content (AvgIpc) is 3.20. The van der Waals surface area contributed by atoms with Crippen molar-refractivity contribution in [2.24, 2.45) is 0 Å². The number of hydrogen-bond acceptors (Lipinski definition) is 5. The van der Waals surface area contributed by atoms with Gasteiger partial charge in [0.25, 0.3) is 5.56 Å². The first-order chi connectivity index (χ1) is 11.2. The smallest absolute Gasteiger partial charge is 0.259 e. The maximum Gasteiger partial charge on any atom is 0.259 e. The largest absolute Gasteiger partial charge is 0.287 e. The molecule has 2 aliphatic rings. The zero-order chi connectivity index (χ0) is 15.6. The van der Waals surface area contributed by atoms with Crippen LogP contribution >= 0.6 is 11.3 Å². The predicted molar refractivity (Wildman–Crippen MR) is 87.7 cm³/mol. The van der Waals surface area contributed by atoms with Crippen molar-refractivity contribution in [2.75, 3.05) is 0 Å².